The highest BCUT2D eigenvalue weighted by molar-refractivity contribution is 7.47. The molecule has 3 unspecified atom stereocenters. The molecule has 9 heteroatoms. The number of carbonyl (C=O) groups excluding carboxylic acids is 1. The Hall–Kier alpha value is -1.02. The van der Waals surface area contributed by atoms with Gasteiger partial charge in [-0.2, -0.15) is 0 Å². The highest BCUT2D eigenvalue weighted by Gasteiger charge is 2.27. The summed E-state index contributed by atoms with van der Waals surface area (Å²) in [6.07, 6.45) is 42.6. The van der Waals surface area contributed by atoms with Crippen molar-refractivity contribution in [3.63, 3.8) is 0 Å². The number of hydrogen-bond acceptors (Lipinski definition) is 5. The van der Waals surface area contributed by atoms with Crippen molar-refractivity contribution in [1.82, 2.24) is 5.32 Å². The van der Waals surface area contributed by atoms with Crippen molar-refractivity contribution in [2.75, 3.05) is 40.9 Å². The molecule has 0 aliphatic heterocycles. The largest absolute Gasteiger partial charge is 0.472 e. The predicted molar refractivity (Wildman–Crippen MR) is 226 cm³/mol. The summed E-state index contributed by atoms with van der Waals surface area (Å²) in [6, 6.07) is -0.856. The number of quaternary nitrogens is 1. The highest BCUT2D eigenvalue weighted by Crippen LogP contribution is 2.43. The van der Waals surface area contributed by atoms with Crippen LogP contribution in [0.5, 0.6) is 0 Å². The van der Waals surface area contributed by atoms with Gasteiger partial charge in [-0.15, -0.1) is 0 Å². The monoisotopic (exact) mass is 772 g/mol. The third-order valence-electron chi connectivity index (χ3n) is 9.92. The molecule has 0 aromatic heterocycles. The van der Waals surface area contributed by atoms with Crippen LogP contribution in [0.4, 0.5) is 0 Å². The van der Waals surface area contributed by atoms with Crippen molar-refractivity contribution < 1.29 is 32.9 Å². The van der Waals surface area contributed by atoms with Crippen LogP contribution in [0.3, 0.4) is 0 Å². The maximum Gasteiger partial charge on any atom is 0.472 e. The van der Waals surface area contributed by atoms with Gasteiger partial charge in [-0.25, -0.2) is 4.57 Å². The molecule has 0 fully saturated rings. The van der Waals surface area contributed by atoms with Crippen LogP contribution < -0.4 is 5.32 Å². The van der Waals surface area contributed by atoms with Crippen LogP contribution in [0.15, 0.2) is 24.3 Å². The van der Waals surface area contributed by atoms with Crippen molar-refractivity contribution >= 4 is 13.7 Å². The molecule has 0 aliphatic carbocycles. The summed E-state index contributed by atoms with van der Waals surface area (Å²) in [4.78, 5) is 23.0. The van der Waals surface area contributed by atoms with Crippen LogP contribution in [0.1, 0.15) is 200 Å². The Labute approximate surface area is 328 Å². The van der Waals surface area contributed by atoms with Gasteiger partial charge in [0.05, 0.1) is 39.9 Å². The molecule has 0 rings (SSSR count). The number of aliphatic hydroxyl groups excluding tert-OH is 1. The van der Waals surface area contributed by atoms with Crippen LogP contribution in [0.25, 0.3) is 0 Å². The Morgan fingerprint density at radius 3 is 1.51 bits per heavy atom. The van der Waals surface area contributed by atoms with E-state index in [1.165, 1.54) is 141 Å². The topological polar surface area (TPSA) is 105 Å². The lowest BCUT2D eigenvalue weighted by atomic mass is 10.0. The number of phosphoric acid groups is 1. The summed E-state index contributed by atoms with van der Waals surface area (Å²) in [7, 11) is 1.56. The number of nitrogens with zero attached hydrogens (tertiary/aromatic N) is 1. The first-order valence-corrected chi connectivity index (χ1v) is 23.7. The molecule has 53 heavy (non-hydrogen) atoms. The van der Waals surface area contributed by atoms with Gasteiger partial charge >= 0.3 is 7.82 Å². The smallest absolute Gasteiger partial charge is 0.387 e. The first-order valence-electron chi connectivity index (χ1n) is 22.2. The van der Waals surface area contributed by atoms with Crippen LogP contribution >= 0.6 is 7.82 Å². The van der Waals surface area contributed by atoms with Gasteiger partial charge in [0, 0.05) is 6.42 Å². The average molecular weight is 772 g/mol. The van der Waals surface area contributed by atoms with Gasteiger partial charge in [-0.1, -0.05) is 186 Å². The van der Waals surface area contributed by atoms with Gasteiger partial charge in [0.25, 0.3) is 0 Å². The van der Waals surface area contributed by atoms with Gasteiger partial charge < -0.3 is 19.8 Å². The lowest BCUT2D eigenvalue weighted by Crippen LogP contribution is -2.45. The molecule has 0 saturated heterocycles. The van der Waals surface area contributed by atoms with E-state index in [2.05, 4.69) is 31.3 Å². The van der Waals surface area contributed by atoms with E-state index in [0.717, 1.165) is 38.5 Å². The Balaban J connectivity index is 4.34. The van der Waals surface area contributed by atoms with E-state index < -0.39 is 20.0 Å². The van der Waals surface area contributed by atoms with Crippen molar-refractivity contribution in [3.05, 3.63) is 24.3 Å². The first kappa shape index (κ1) is 52.0. The second-order valence-electron chi connectivity index (χ2n) is 16.4. The third kappa shape index (κ3) is 39.0. The quantitative estimate of drug-likeness (QED) is 0.0248. The fourth-order valence-corrected chi connectivity index (χ4v) is 7.09. The van der Waals surface area contributed by atoms with Gasteiger partial charge in [0.1, 0.15) is 13.2 Å². The van der Waals surface area contributed by atoms with Crippen molar-refractivity contribution in [2.45, 2.75) is 212 Å². The predicted octanol–water partition coefficient (Wildman–Crippen LogP) is 12.1. The van der Waals surface area contributed by atoms with E-state index in [4.69, 9.17) is 9.05 Å². The number of unbranched alkanes of at least 4 members (excludes halogenated alkanes) is 25. The summed E-state index contributed by atoms with van der Waals surface area (Å²) >= 11 is 0. The lowest BCUT2D eigenvalue weighted by Gasteiger charge is -2.25. The van der Waals surface area contributed by atoms with E-state index in [1.807, 2.05) is 27.2 Å². The molecular weight excluding hydrogens is 683 g/mol. The Kier molecular flexibility index (Phi) is 35.9. The molecule has 0 aromatic rings. The first-order chi connectivity index (χ1) is 25.5. The molecule has 314 valence electrons. The molecule has 1 amide bonds. The average Bonchev–Trinajstić information content (AvgIpc) is 3.10. The SMILES string of the molecule is CCCCCCCCCCCCCCCCCC/C=C/CC/C=C/C(O)C(COP(=O)(O)OCC[N+](C)(C)C)NC(=O)CCCCCCCCCCC. The molecule has 3 atom stereocenters. The van der Waals surface area contributed by atoms with E-state index in [0.29, 0.717) is 17.4 Å². The number of hydrogen-bond donors (Lipinski definition) is 3. The number of aliphatic hydroxyl groups is 1. The third-order valence-corrected chi connectivity index (χ3v) is 10.9. The van der Waals surface area contributed by atoms with Crippen LogP contribution in [-0.4, -0.2) is 73.4 Å². The number of likely N-dealkylation sites (N-methyl/N-ethyl adjacent to an activating group) is 1. The van der Waals surface area contributed by atoms with E-state index in [9.17, 15) is 19.4 Å². The lowest BCUT2D eigenvalue weighted by molar-refractivity contribution is -0.870. The van der Waals surface area contributed by atoms with Gasteiger partial charge in [-0.3, -0.25) is 13.8 Å². The van der Waals surface area contributed by atoms with Gasteiger partial charge in [0.15, 0.2) is 0 Å². The molecule has 0 bridgehead atoms. The van der Waals surface area contributed by atoms with Crippen LogP contribution in [-0.2, 0) is 18.4 Å². The number of amides is 1. The van der Waals surface area contributed by atoms with Crippen LogP contribution in [0, 0.1) is 0 Å². The zero-order chi connectivity index (χ0) is 39.3. The molecular formula is C44H88N2O6P+. The van der Waals surface area contributed by atoms with Gasteiger partial charge in [0.2, 0.25) is 5.91 Å². The summed E-state index contributed by atoms with van der Waals surface area (Å²) in [5.74, 6) is -0.190. The number of phosphoric ester groups is 1. The van der Waals surface area contributed by atoms with Crippen molar-refractivity contribution in [1.29, 1.82) is 0 Å². The minimum absolute atomic E-state index is 0.0579. The zero-order valence-corrected chi connectivity index (χ0v) is 36.4. The molecule has 0 spiro atoms. The maximum absolute atomic E-state index is 12.8. The van der Waals surface area contributed by atoms with E-state index >= 15 is 0 Å². The Morgan fingerprint density at radius 2 is 1.04 bits per heavy atom. The normalized spacial score (nSPS) is 14.6. The van der Waals surface area contributed by atoms with E-state index in [1.54, 1.807) is 6.08 Å². The molecule has 0 radical (unpaired) electrons. The van der Waals surface area contributed by atoms with Crippen molar-refractivity contribution in [2.24, 2.45) is 0 Å². The number of rotatable bonds is 40. The van der Waals surface area contributed by atoms with Crippen molar-refractivity contribution in [3.8, 4) is 0 Å². The summed E-state index contributed by atoms with van der Waals surface area (Å²) in [5, 5.41) is 13.8. The molecule has 3 N–H and O–H groups in total. The number of carbonyl (C=O) groups is 1. The second-order valence-corrected chi connectivity index (χ2v) is 17.9. The summed E-state index contributed by atoms with van der Waals surface area (Å²) in [6.45, 7) is 4.77. The Bertz CT molecular complexity index is 922. The second kappa shape index (κ2) is 36.6. The number of allylic oxidation sites excluding steroid dienone is 3. The van der Waals surface area contributed by atoms with Crippen LogP contribution in [0.2, 0.25) is 0 Å². The molecule has 0 heterocycles. The molecule has 0 aromatic carbocycles. The molecule has 0 saturated carbocycles. The zero-order valence-electron chi connectivity index (χ0n) is 35.5. The minimum Gasteiger partial charge on any atom is -0.387 e. The fraction of sp³-hybridized carbons (Fsp3) is 0.886. The minimum atomic E-state index is -4.34. The summed E-state index contributed by atoms with van der Waals surface area (Å²) in [5.41, 5.74) is 0. The van der Waals surface area contributed by atoms with E-state index in [-0.39, 0.29) is 19.1 Å². The number of nitrogens with one attached hydrogen (secondary N) is 1. The maximum atomic E-state index is 12.8. The standard InChI is InChI=1S/C44H87N2O6P/c1-6-8-10-12-14-16-17-18-19-20-21-22-23-24-25-26-27-28-30-31-33-35-37-43(47)42(41-52-53(49,50)51-40-39-46(3,4)5)45-44(48)38-36-34-32-29-15-13-11-9-7-2/h28,30,35,37,42-43,47H,6-27,29,31-34,36,38-41H2,1-5H3,(H-,45,48,49,50)/p+1/b30-28+,37-35+. The molecule has 8 nitrogen and oxygen atoms in total. The van der Waals surface area contributed by atoms with Gasteiger partial charge in [-0.05, 0) is 32.1 Å². The fourth-order valence-electron chi connectivity index (χ4n) is 6.35. The highest BCUT2D eigenvalue weighted by atomic mass is 31.2. The summed E-state index contributed by atoms with van der Waals surface area (Å²) < 4.78 is 23.5. The Morgan fingerprint density at radius 1 is 0.623 bits per heavy atom. The molecule has 0 aliphatic rings.